The van der Waals surface area contributed by atoms with Gasteiger partial charge in [-0.05, 0) is 6.92 Å². The molecule has 0 saturated heterocycles. The summed E-state index contributed by atoms with van der Waals surface area (Å²) in [7, 11) is 0. The molecule has 116 valence electrons. The number of hydrogen-bond donors (Lipinski definition) is 3. The molecule has 0 atom stereocenters. The minimum absolute atomic E-state index is 0.0700. The van der Waals surface area contributed by atoms with Gasteiger partial charge in [0, 0.05) is 10.4 Å². The number of carbonyl (C=O) groups excluding carboxylic acids is 2. The molecule has 2 aromatic rings. The van der Waals surface area contributed by atoms with E-state index < -0.39 is 0 Å². The fourth-order valence-electron chi connectivity index (χ4n) is 1.79. The van der Waals surface area contributed by atoms with Crippen LogP contribution < -0.4 is 16.4 Å². The molecule has 1 heterocycles. The number of nitrogens with two attached hydrogens (primary N) is 1. The smallest absolute Gasteiger partial charge is 0.239 e. The van der Waals surface area contributed by atoms with Crippen molar-refractivity contribution in [2.45, 2.75) is 13.5 Å². The van der Waals surface area contributed by atoms with Crippen LogP contribution in [0, 0.1) is 6.92 Å². The number of rotatable bonds is 6. The van der Waals surface area contributed by atoms with Crippen molar-refractivity contribution >= 4 is 23.2 Å². The maximum absolute atomic E-state index is 11.6. The SMILES string of the molecule is Cc1nc(-c2ccccc2)sc1CNC(=O)CNC(=O)CN. The van der Waals surface area contributed by atoms with Gasteiger partial charge in [0.25, 0.3) is 0 Å². The van der Waals surface area contributed by atoms with Crippen LogP contribution >= 0.6 is 11.3 Å². The molecule has 0 saturated carbocycles. The van der Waals surface area contributed by atoms with Crippen LogP contribution in [0.2, 0.25) is 0 Å². The van der Waals surface area contributed by atoms with Gasteiger partial charge in [-0.3, -0.25) is 9.59 Å². The Bertz CT molecular complexity index is 655. The van der Waals surface area contributed by atoms with E-state index in [-0.39, 0.29) is 24.9 Å². The van der Waals surface area contributed by atoms with Crippen molar-refractivity contribution in [3.8, 4) is 10.6 Å². The van der Waals surface area contributed by atoms with Crippen molar-refractivity contribution in [1.82, 2.24) is 15.6 Å². The molecule has 0 unspecified atom stereocenters. The number of hydrogen-bond acceptors (Lipinski definition) is 5. The van der Waals surface area contributed by atoms with E-state index in [9.17, 15) is 9.59 Å². The summed E-state index contributed by atoms with van der Waals surface area (Å²) in [6.45, 7) is 2.12. The van der Waals surface area contributed by atoms with Crippen molar-refractivity contribution in [2.75, 3.05) is 13.1 Å². The highest BCUT2D eigenvalue weighted by atomic mass is 32.1. The fraction of sp³-hybridized carbons (Fsp3) is 0.267. The topological polar surface area (TPSA) is 97.1 Å². The summed E-state index contributed by atoms with van der Waals surface area (Å²) < 4.78 is 0. The van der Waals surface area contributed by atoms with Crippen molar-refractivity contribution < 1.29 is 9.59 Å². The van der Waals surface area contributed by atoms with Crippen LogP contribution in [-0.4, -0.2) is 29.9 Å². The van der Waals surface area contributed by atoms with Crippen molar-refractivity contribution in [2.24, 2.45) is 5.73 Å². The number of amides is 2. The molecular weight excluding hydrogens is 300 g/mol. The summed E-state index contributed by atoms with van der Waals surface area (Å²) in [6, 6.07) is 9.90. The van der Waals surface area contributed by atoms with Crippen LogP contribution in [0.3, 0.4) is 0 Å². The number of benzene rings is 1. The summed E-state index contributed by atoms with van der Waals surface area (Å²) >= 11 is 1.55. The van der Waals surface area contributed by atoms with Gasteiger partial charge in [-0.15, -0.1) is 11.3 Å². The van der Waals surface area contributed by atoms with Crippen LogP contribution in [0.25, 0.3) is 10.6 Å². The summed E-state index contributed by atoms with van der Waals surface area (Å²) in [5.41, 5.74) is 7.11. The summed E-state index contributed by atoms with van der Waals surface area (Å²) in [4.78, 5) is 28.1. The largest absolute Gasteiger partial charge is 0.350 e. The number of nitrogens with zero attached hydrogens (tertiary/aromatic N) is 1. The maximum Gasteiger partial charge on any atom is 0.239 e. The number of nitrogens with one attached hydrogen (secondary N) is 2. The van der Waals surface area contributed by atoms with Gasteiger partial charge in [-0.25, -0.2) is 4.98 Å². The predicted molar refractivity (Wildman–Crippen MR) is 86.2 cm³/mol. The van der Waals surface area contributed by atoms with Gasteiger partial charge in [0.2, 0.25) is 11.8 Å². The zero-order chi connectivity index (χ0) is 15.9. The third kappa shape index (κ3) is 4.37. The summed E-state index contributed by atoms with van der Waals surface area (Å²) in [5, 5.41) is 6.12. The van der Waals surface area contributed by atoms with E-state index in [1.54, 1.807) is 11.3 Å². The Morgan fingerprint density at radius 3 is 2.59 bits per heavy atom. The Balaban J connectivity index is 1.92. The normalized spacial score (nSPS) is 10.3. The summed E-state index contributed by atoms with van der Waals surface area (Å²) in [6.07, 6.45) is 0. The molecule has 0 radical (unpaired) electrons. The first kappa shape index (κ1) is 16.1. The molecule has 22 heavy (non-hydrogen) atoms. The monoisotopic (exact) mass is 318 g/mol. The molecule has 0 aliphatic carbocycles. The number of aryl methyl sites for hydroxylation is 1. The Morgan fingerprint density at radius 2 is 1.91 bits per heavy atom. The minimum Gasteiger partial charge on any atom is -0.350 e. The Hall–Kier alpha value is -2.25. The van der Waals surface area contributed by atoms with Gasteiger partial charge < -0.3 is 16.4 Å². The number of carbonyl (C=O) groups is 2. The molecule has 6 nitrogen and oxygen atoms in total. The highest BCUT2D eigenvalue weighted by molar-refractivity contribution is 7.15. The second kappa shape index (κ2) is 7.67. The Labute approximate surface area is 132 Å². The highest BCUT2D eigenvalue weighted by Gasteiger charge is 2.10. The van der Waals surface area contributed by atoms with Crippen LogP contribution in [0.5, 0.6) is 0 Å². The van der Waals surface area contributed by atoms with E-state index in [1.165, 1.54) is 0 Å². The third-order valence-electron chi connectivity index (χ3n) is 2.99. The van der Waals surface area contributed by atoms with E-state index in [1.807, 2.05) is 37.3 Å². The molecule has 0 aliphatic rings. The second-order valence-corrected chi connectivity index (χ2v) is 5.73. The van der Waals surface area contributed by atoms with E-state index in [0.29, 0.717) is 6.54 Å². The molecule has 2 amide bonds. The van der Waals surface area contributed by atoms with Gasteiger partial charge in [0.05, 0.1) is 25.3 Å². The lowest BCUT2D eigenvalue weighted by Crippen LogP contribution is -2.39. The summed E-state index contributed by atoms with van der Waals surface area (Å²) in [5.74, 6) is -0.605. The molecule has 4 N–H and O–H groups in total. The third-order valence-corrected chi connectivity index (χ3v) is 4.20. The van der Waals surface area contributed by atoms with E-state index in [2.05, 4.69) is 15.6 Å². The van der Waals surface area contributed by atoms with Crippen LogP contribution in [0.1, 0.15) is 10.6 Å². The molecule has 2 rings (SSSR count). The average molecular weight is 318 g/mol. The first-order chi connectivity index (χ1) is 10.6. The van der Waals surface area contributed by atoms with Gasteiger partial charge in [0.1, 0.15) is 5.01 Å². The maximum atomic E-state index is 11.6. The highest BCUT2D eigenvalue weighted by Crippen LogP contribution is 2.27. The second-order valence-electron chi connectivity index (χ2n) is 4.65. The lowest BCUT2D eigenvalue weighted by Gasteiger charge is -2.05. The zero-order valence-corrected chi connectivity index (χ0v) is 13.1. The predicted octanol–water partition coefficient (Wildman–Crippen LogP) is 0.810. The molecule has 7 heteroatoms. The quantitative estimate of drug-likeness (QED) is 0.734. The first-order valence-corrected chi connectivity index (χ1v) is 7.67. The molecule has 1 aromatic heterocycles. The minimum atomic E-state index is -0.351. The van der Waals surface area contributed by atoms with E-state index >= 15 is 0 Å². The van der Waals surface area contributed by atoms with Gasteiger partial charge in [0.15, 0.2) is 0 Å². The Morgan fingerprint density at radius 1 is 1.18 bits per heavy atom. The molecular formula is C15H18N4O2S. The molecule has 0 fully saturated rings. The van der Waals surface area contributed by atoms with Crippen molar-refractivity contribution in [1.29, 1.82) is 0 Å². The zero-order valence-electron chi connectivity index (χ0n) is 12.3. The van der Waals surface area contributed by atoms with Crippen molar-refractivity contribution in [3.05, 3.63) is 40.9 Å². The standard InChI is InChI=1S/C15H18N4O2S/c1-10-12(8-17-14(21)9-18-13(20)7-16)22-15(19-10)11-5-3-2-4-6-11/h2-6H,7-9,16H2,1H3,(H,17,21)(H,18,20). The Kier molecular flexibility index (Phi) is 5.62. The van der Waals surface area contributed by atoms with Gasteiger partial charge in [-0.2, -0.15) is 0 Å². The number of thiazole rings is 1. The lowest BCUT2D eigenvalue weighted by molar-refractivity contribution is -0.125. The van der Waals surface area contributed by atoms with Crippen molar-refractivity contribution in [3.63, 3.8) is 0 Å². The average Bonchev–Trinajstić information content (AvgIpc) is 2.92. The lowest BCUT2D eigenvalue weighted by atomic mass is 10.2. The number of aromatic nitrogens is 1. The molecule has 0 bridgehead atoms. The van der Waals surface area contributed by atoms with Crippen LogP contribution in [-0.2, 0) is 16.1 Å². The van der Waals surface area contributed by atoms with Crippen LogP contribution in [0.4, 0.5) is 0 Å². The van der Waals surface area contributed by atoms with Gasteiger partial charge in [-0.1, -0.05) is 30.3 Å². The first-order valence-electron chi connectivity index (χ1n) is 6.85. The molecule has 1 aromatic carbocycles. The van der Waals surface area contributed by atoms with Gasteiger partial charge >= 0.3 is 0 Å². The fourth-order valence-corrected chi connectivity index (χ4v) is 2.80. The molecule has 0 aliphatic heterocycles. The van der Waals surface area contributed by atoms with E-state index in [4.69, 9.17) is 5.73 Å². The molecule has 0 spiro atoms. The van der Waals surface area contributed by atoms with E-state index in [0.717, 1.165) is 21.1 Å². The van der Waals surface area contributed by atoms with Crippen LogP contribution in [0.15, 0.2) is 30.3 Å².